The number of aryl methyl sites for hydroxylation is 2. The van der Waals surface area contributed by atoms with Crippen LogP contribution in [-0.4, -0.2) is 30.1 Å². The molecule has 0 saturated heterocycles. The summed E-state index contributed by atoms with van der Waals surface area (Å²) in [6, 6.07) is 12.5. The molecule has 2 aromatic heterocycles. The highest BCUT2D eigenvalue weighted by atomic mass is 19.1. The van der Waals surface area contributed by atoms with E-state index in [0.717, 1.165) is 27.6 Å². The minimum Gasteiger partial charge on any atom is -0.322 e. The Morgan fingerprint density at radius 3 is 2.45 bits per heavy atom. The van der Waals surface area contributed by atoms with Crippen LogP contribution < -0.4 is 5.56 Å². The minimum absolute atomic E-state index is 0.119. The van der Waals surface area contributed by atoms with Crippen LogP contribution in [0.1, 0.15) is 48.8 Å². The quantitative estimate of drug-likeness (QED) is 0.478. The third-order valence-corrected chi connectivity index (χ3v) is 5.64. The molecular weight excluding hydrogens is 419 g/mol. The average Bonchev–Trinajstić information content (AvgIpc) is 3.19. The van der Waals surface area contributed by atoms with E-state index in [1.54, 1.807) is 16.8 Å². The van der Waals surface area contributed by atoms with Gasteiger partial charge in [0.25, 0.3) is 5.56 Å². The van der Waals surface area contributed by atoms with Crippen LogP contribution in [0.3, 0.4) is 0 Å². The maximum Gasteiger partial charge on any atom is 0.252 e. The van der Waals surface area contributed by atoms with Gasteiger partial charge in [0.2, 0.25) is 0 Å². The van der Waals surface area contributed by atoms with Gasteiger partial charge in [0.15, 0.2) is 5.82 Å². The fourth-order valence-corrected chi connectivity index (χ4v) is 4.12. The average molecular weight is 449 g/mol. The zero-order valence-corrected chi connectivity index (χ0v) is 19.7. The van der Waals surface area contributed by atoms with Crippen LogP contribution in [0.2, 0.25) is 0 Å². The second-order valence-corrected chi connectivity index (χ2v) is 9.62. The molecule has 172 valence electrons. The highest BCUT2D eigenvalue weighted by Gasteiger charge is 2.22. The van der Waals surface area contributed by atoms with E-state index in [9.17, 15) is 9.18 Å². The lowest BCUT2D eigenvalue weighted by atomic mass is 10.0. The summed E-state index contributed by atoms with van der Waals surface area (Å²) in [5.41, 5.74) is 4.26. The van der Waals surface area contributed by atoms with Crippen molar-refractivity contribution < 1.29 is 4.39 Å². The molecule has 0 atom stereocenters. The summed E-state index contributed by atoms with van der Waals surface area (Å²) in [6.07, 6.45) is 0. The highest BCUT2D eigenvalue weighted by molar-refractivity contribution is 5.83. The van der Waals surface area contributed by atoms with Gasteiger partial charge >= 0.3 is 0 Å². The predicted octanol–water partition coefficient (Wildman–Crippen LogP) is 4.23. The number of benzene rings is 2. The van der Waals surface area contributed by atoms with E-state index in [4.69, 9.17) is 0 Å². The van der Waals surface area contributed by atoms with Crippen LogP contribution in [0, 0.1) is 19.7 Å². The molecule has 0 aliphatic heterocycles. The first-order valence-corrected chi connectivity index (χ1v) is 11.0. The van der Waals surface area contributed by atoms with Crippen LogP contribution >= 0.6 is 0 Å². The van der Waals surface area contributed by atoms with Gasteiger partial charge in [-0.3, -0.25) is 9.69 Å². The number of hydrogen-bond acceptors (Lipinski definition) is 5. The third kappa shape index (κ3) is 5.17. The van der Waals surface area contributed by atoms with Crippen LogP contribution in [-0.2, 0) is 25.2 Å². The molecule has 4 rings (SSSR count). The number of pyridine rings is 1. The molecule has 0 unspecified atom stereocenters. The van der Waals surface area contributed by atoms with E-state index in [2.05, 4.69) is 31.5 Å². The number of H-pyrrole nitrogens is 1. The molecule has 0 aliphatic rings. The number of nitrogens with one attached hydrogen (secondary N) is 1. The number of rotatable bonds is 6. The molecular formula is C25H29FN6O. The molecule has 4 aromatic rings. The number of tetrazole rings is 1. The lowest BCUT2D eigenvalue weighted by Crippen LogP contribution is -2.31. The number of halogens is 1. The van der Waals surface area contributed by atoms with Crippen LogP contribution in [0.15, 0.2) is 47.3 Å². The Kier molecular flexibility index (Phi) is 6.12. The maximum absolute atomic E-state index is 13.4. The van der Waals surface area contributed by atoms with Crippen molar-refractivity contribution in [2.24, 2.45) is 0 Å². The lowest BCUT2D eigenvalue weighted by molar-refractivity contribution is 0.223. The summed E-state index contributed by atoms with van der Waals surface area (Å²) in [6.45, 7) is 11.5. The Hall–Kier alpha value is -3.39. The molecule has 0 spiro atoms. The van der Waals surface area contributed by atoms with Gasteiger partial charge in [-0.25, -0.2) is 9.07 Å². The van der Waals surface area contributed by atoms with Gasteiger partial charge in [0.1, 0.15) is 5.82 Å². The zero-order valence-electron chi connectivity index (χ0n) is 19.7. The van der Waals surface area contributed by atoms with E-state index >= 15 is 0 Å². The number of hydrogen-bond donors (Lipinski definition) is 1. The molecule has 0 radical (unpaired) electrons. The topological polar surface area (TPSA) is 79.7 Å². The molecule has 2 aromatic carbocycles. The fourth-order valence-electron chi connectivity index (χ4n) is 4.12. The number of aromatic amines is 1. The Labute approximate surface area is 192 Å². The van der Waals surface area contributed by atoms with E-state index in [1.807, 2.05) is 46.8 Å². The number of nitrogens with zero attached hydrogens (tertiary/aromatic N) is 5. The van der Waals surface area contributed by atoms with Crippen molar-refractivity contribution in [2.75, 3.05) is 0 Å². The molecule has 8 heteroatoms. The standard InChI is InChI=1S/C25H29FN6O/c1-16-10-17(2)21-12-19(24(33)27-22(21)11-16)14-31(13-18-6-8-20(26)9-7-18)15-23-28-29-30-32(23)25(3,4)5/h6-12H,13-15H2,1-5H3,(H,27,33). The van der Waals surface area contributed by atoms with Crippen molar-refractivity contribution in [1.82, 2.24) is 30.1 Å². The molecule has 0 fully saturated rings. The lowest BCUT2D eigenvalue weighted by Gasteiger charge is -2.25. The predicted molar refractivity (Wildman–Crippen MR) is 126 cm³/mol. The van der Waals surface area contributed by atoms with E-state index in [1.165, 1.54) is 12.1 Å². The van der Waals surface area contributed by atoms with Crippen LogP contribution in [0.5, 0.6) is 0 Å². The Bertz CT molecular complexity index is 1330. The Morgan fingerprint density at radius 1 is 1.03 bits per heavy atom. The van der Waals surface area contributed by atoms with Crippen molar-refractivity contribution in [3.8, 4) is 0 Å². The van der Waals surface area contributed by atoms with Gasteiger partial charge in [0.05, 0.1) is 12.1 Å². The van der Waals surface area contributed by atoms with Crippen molar-refractivity contribution >= 4 is 10.9 Å². The largest absolute Gasteiger partial charge is 0.322 e. The SMILES string of the molecule is Cc1cc(C)c2cc(CN(Cc3ccc(F)cc3)Cc3nnnn3C(C)(C)C)c(=O)[nH]c2c1. The molecule has 1 N–H and O–H groups in total. The van der Waals surface area contributed by atoms with Gasteiger partial charge in [0, 0.05) is 29.6 Å². The molecule has 0 aliphatic carbocycles. The fraction of sp³-hybridized carbons (Fsp3) is 0.360. The van der Waals surface area contributed by atoms with Crippen molar-refractivity contribution in [1.29, 1.82) is 0 Å². The summed E-state index contributed by atoms with van der Waals surface area (Å²) in [4.78, 5) is 18.1. The second-order valence-electron chi connectivity index (χ2n) is 9.62. The molecule has 7 nitrogen and oxygen atoms in total. The Morgan fingerprint density at radius 2 is 1.76 bits per heavy atom. The summed E-state index contributed by atoms with van der Waals surface area (Å²) < 4.78 is 15.2. The Balaban J connectivity index is 1.70. The maximum atomic E-state index is 13.4. The molecule has 33 heavy (non-hydrogen) atoms. The van der Waals surface area contributed by atoms with Crippen LogP contribution in [0.25, 0.3) is 10.9 Å². The van der Waals surface area contributed by atoms with Crippen molar-refractivity contribution in [3.05, 3.63) is 86.7 Å². The third-order valence-electron chi connectivity index (χ3n) is 5.64. The summed E-state index contributed by atoms with van der Waals surface area (Å²) >= 11 is 0. The van der Waals surface area contributed by atoms with E-state index < -0.39 is 0 Å². The van der Waals surface area contributed by atoms with Crippen molar-refractivity contribution in [3.63, 3.8) is 0 Å². The highest BCUT2D eigenvalue weighted by Crippen LogP contribution is 2.21. The first kappa shape index (κ1) is 22.8. The summed E-state index contributed by atoms with van der Waals surface area (Å²) in [5, 5.41) is 13.3. The molecule has 2 heterocycles. The van der Waals surface area contributed by atoms with Gasteiger partial charge < -0.3 is 4.98 Å². The van der Waals surface area contributed by atoms with Gasteiger partial charge in [-0.2, -0.15) is 0 Å². The number of aromatic nitrogens is 5. The second kappa shape index (κ2) is 8.86. The summed E-state index contributed by atoms with van der Waals surface area (Å²) in [5.74, 6) is 0.423. The zero-order chi connectivity index (χ0) is 23.8. The van der Waals surface area contributed by atoms with Crippen molar-refractivity contribution in [2.45, 2.75) is 59.8 Å². The van der Waals surface area contributed by atoms with Crippen LogP contribution in [0.4, 0.5) is 4.39 Å². The minimum atomic E-state index is -0.282. The molecule has 0 amide bonds. The first-order chi connectivity index (χ1) is 15.6. The smallest absolute Gasteiger partial charge is 0.252 e. The van der Waals surface area contributed by atoms with E-state index in [-0.39, 0.29) is 16.9 Å². The monoisotopic (exact) mass is 448 g/mol. The normalized spacial score (nSPS) is 12.1. The van der Waals surface area contributed by atoms with E-state index in [0.29, 0.717) is 31.0 Å². The molecule has 0 bridgehead atoms. The van der Waals surface area contributed by atoms with Gasteiger partial charge in [-0.15, -0.1) is 5.10 Å². The number of fused-ring (bicyclic) bond motifs is 1. The van der Waals surface area contributed by atoms with Gasteiger partial charge in [-0.05, 0) is 86.0 Å². The molecule has 0 saturated carbocycles. The van der Waals surface area contributed by atoms with Gasteiger partial charge in [-0.1, -0.05) is 18.2 Å². The first-order valence-electron chi connectivity index (χ1n) is 11.0. The summed E-state index contributed by atoms with van der Waals surface area (Å²) in [7, 11) is 0.